The maximum atomic E-state index is 12.3. The quantitative estimate of drug-likeness (QED) is 0.723. The van der Waals surface area contributed by atoms with Gasteiger partial charge in [0.1, 0.15) is 0 Å². The molecule has 1 amide bonds. The Morgan fingerprint density at radius 3 is 2.15 bits per heavy atom. The second-order valence-corrected chi connectivity index (χ2v) is 6.57. The van der Waals surface area contributed by atoms with Crippen LogP contribution in [0.2, 0.25) is 0 Å². The molecule has 8 nitrogen and oxygen atoms in total. The Morgan fingerprint density at radius 1 is 0.962 bits per heavy atom. The largest absolute Gasteiger partial charge is 0.345 e. The maximum absolute atomic E-state index is 12.3. The summed E-state index contributed by atoms with van der Waals surface area (Å²) in [5.74, 6) is 2.20. The third kappa shape index (κ3) is 3.96. The van der Waals surface area contributed by atoms with Crippen molar-refractivity contribution in [3.63, 3.8) is 0 Å². The molecule has 2 aromatic heterocycles. The van der Waals surface area contributed by atoms with E-state index < -0.39 is 0 Å². The Kier molecular flexibility index (Phi) is 5.11. The SMILES string of the molecule is CC(C)c1nc(CNC(=O)c2ccc(-c3noc(C(C)C)n3)cc2)no1. The number of nitrogens with zero attached hydrogens (tertiary/aromatic N) is 4. The number of nitrogens with one attached hydrogen (secondary N) is 1. The van der Waals surface area contributed by atoms with Crippen LogP contribution in [0.4, 0.5) is 0 Å². The van der Waals surface area contributed by atoms with Crippen LogP contribution in [0, 0.1) is 0 Å². The summed E-state index contributed by atoms with van der Waals surface area (Å²) < 4.78 is 10.3. The van der Waals surface area contributed by atoms with Crippen molar-refractivity contribution >= 4 is 5.91 Å². The molecule has 0 aliphatic heterocycles. The minimum atomic E-state index is -0.219. The first-order valence-electron chi connectivity index (χ1n) is 8.48. The van der Waals surface area contributed by atoms with Gasteiger partial charge in [0.15, 0.2) is 5.82 Å². The molecule has 0 fully saturated rings. The third-order valence-corrected chi connectivity index (χ3v) is 3.73. The first-order valence-corrected chi connectivity index (χ1v) is 8.48. The van der Waals surface area contributed by atoms with E-state index in [1.807, 2.05) is 27.7 Å². The molecule has 0 spiro atoms. The van der Waals surface area contributed by atoms with Crippen molar-refractivity contribution in [1.82, 2.24) is 25.6 Å². The lowest BCUT2D eigenvalue weighted by Gasteiger charge is -2.03. The molecule has 0 aliphatic carbocycles. The summed E-state index contributed by atoms with van der Waals surface area (Å²) in [6.07, 6.45) is 0. The van der Waals surface area contributed by atoms with Crippen molar-refractivity contribution in [3.05, 3.63) is 47.4 Å². The van der Waals surface area contributed by atoms with Gasteiger partial charge < -0.3 is 14.4 Å². The van der Waals surface area contributed by atoms with E-state index in [0.29, 0.717) is 29.0 Å². The van der Waals surface area contributed by atoms with Crippen LogP contribution in [0.5, 0.6) is 0 Å². The maximum Gasteiger partial charge on any atom is 0.251 e. The molecular weight excluding hydrogens is 334 g/mol. The van der Waals surface area contributed by atoms with Crippen LogP contribution in [-0.4, -0.2) is 26.2 Å². The topological polar surface area (TPSA) is 107 Å². The summed E-state index contributed by atoms with van der Waals surface area (Å²) in [5, 5.41) is 10.6. The molecule has 0 saturated carbocycles. The second kappa shape index (κ2) is 7.47. The van der Waals surface area contributed by atoms with E-state index in [2.05, 4.69) is 25.6 Å². The Hall–Kier alpha value is -3.03. The Morgan fingerprint density at radius 2 is 1.58 bits per heavy atom. The minimum absolute atomic E-state index is 0.154. The van der Waals surface area contributed by atoms with E-state index in [4.69, 9.17) is 9.05 Å². The van der Waals surface area contributed by atoms with E-state index in [9.17, 15) is 4.79 Å². The number of carbonyl (C=O) groups is 1. The third-order valence-electron chi connectivity index (χ3n) is 3.73. The zero-order valence-electron chi connectivity index (χ0n) is 15.2. The Labute approximate surface area is 151 Å². The number of hydrogen-bond acceptors (Lipinski definition) is 7. The first-order chi connectivity index (χ1) is 12.4. The van der Waals surface area contributed by atoms with Gasteiger partial charge in [0.25, 0.3) is 5.91 Å². The fourth-order valence-electron chi connectivity index (χ4n) is 2.19. The van der Waals surface area contributed by atoms with Crippen LogP contribution in [0.1, 0.15) is 67.5 Å². The predicted octanol–water partition coefficient (Wildman–Crippen LogP) is 3.30. The van der Waals surface area contributed by atoms with Crippen molar-refractivity contribution in [2.75, 3.05) is 0 Å². The molecule has 1 aromatic carbocycles. The first kappa shape index (κ1) is 17.8. The highest BCUT2D eigenvalue weighted by Gasteiger charge is 2.14. The van der Waals surface area contributed by atoms with Crippen molar-refractivity contribution in [3.8, 4) is 11.4 Å². The second-order valence-electron chi connectivity index (χ2n) is 6.57. The lowest BCUT2D eigenvalue weighted by molar-refractivity contribution is 0.0949. The molecule has 0 aliphatic rings. The molecule has 0 atom stereocenters. The lowest BCUT2D eigenvalue weighted by Crippen LogP contribution is -2.23. The van der Waals surface area contributed by atoms with Crippen LogP contribution >= 0.6 is 0 Å². The Bertz CT molecular complexity index is 880. The molecule has 0 radical (unpaired) electrons. The molecular formula is C18H21N5O3. The van der Waals surface area contributed by atoms with Gasteiger partial charge in [0.05, 0.1) is 6.54 Å². The number of rotatable bonds is 6. The summed E-state index contributed by atoms with van der Waals surface area (Å²) >= 11 is 0. The van der Waals surface area contributed by atoms with Crippen LogP contribution in [-0.2, 0) is 6.54 Å². The van der Waals surface area contributed by atoms with Gasteiger partial charge in [-0.15, -0.1) is 0 Å². The molecule has 2 heterocycles. The van der Waals surface area contributed by atoms with E-state index >= 15 is 0 Å². The molecule has 0 saturated heterocycles. The summed E-state index contributed by atoms with van der Waals surface area (Å²) in [7, 11) is 0. The highest BCUT2D eigenvalue weighted by atomic mass is 16.5. The van der Waals surface area contributed by atoms with Crippen LogP contribution < -0.4 is 5.32 Å². The summed E-state index contributed by atoms with van der Waals surface area (Å²) in [6, 6.07) is 7.00. The summed E-state index contributed by atoms with van der Waals surface area (Å²) in [6.45, 7) is 8.10. The fourth-order valence-corrected chi connectivity index (χ4v) is 2.19. The number of hydrogen-bond donors (Lipinski definition) is 1. The summed E-state index contributed by atoms with van der Waals surface area (Å²) in [5.41, 5.74) is 1.31. The zero-order valence-corrected chi connectivity index (χ0v) is 15.2. The van der Waals surface area contributed by atoms with Gasteiger partial charge in [-0.25, -0.2) is 0 Å². The molecule has 3 aromatic rings. The van der Waals surface area contributed by atoms with Crippen molar-refractivity contribution in [2.24, 2.45) is 0 Å². The number of aromatic nitrogens is 4. The van der Waals surface area contributed by atoms with Gasteiger partial charge in [0, 0.05) is 23.0 Å². The predicted molar refractivity (Wildman–Crippen MR) is 93.4 cm³/mol. The highest BCUT2D eigenvalue weighted by molar-refractivity contribution is 5.94. The van der Waals surface area contributed by atoms with Crippen LogP contribution in [0.3, 0.4) is 0 Å². The fraction of sp³-hybridized carbons (Fsp3) is 0.389. The van der Waals surface area contributed by atoms with Gasteiger partial charge in [-0.1, -0.05) is 50.1 Å². The van der Waals surface area contributed by atoms with Gasteiger partial charge in [-0.2, -0.15) is 9.97 Å². The van der Waals surface area contributed by atoms with Gasteiger partial charge >= 0.3 is 0 Å². The smallest absolute Gasteiger partial charge is 0.251 e. The highest BCUT2D eigenvalue weighted by Crippen LogP contribution is 2.20. The number of amides is 1. The lowest BCUT2D eigenvalue weighted by atomic mass is 10.1. The molecule has 8 heteroatoms. The van der Waals surface area contributed by atoms with Crippen LogP contribution in [0.25, 0.3) is 11.4 Å². The number of carbonyl (C=O) groups excluding carboxylic acids is 1. The average molecular weight is 355 g/mol. The van der Waals surface area contributed by atoms with Crippen molar-refractivity contribution in [1.29, 1.82) is 0 Å². The molecule has 0 bridgehead atoms. The number of benzene rings is 1. The minimum Gasteiger partial charge on any atom is -0.345 e. The average Bonchev–Trinajstić information content (AvgIpc) is 3.29. The molecule has 1 N–H and O–H groups in total. The normalized spacial score (nSPS) is 11.3. The van der Waals surface area contributed by atoms with Gasteiger partial charge in [0.2, 0.25) is 17.6 Å². The molecule has 0 unspecified atom stereocenters. The molecule has 3 rings (SSSR count). The van der Waals surface area contributed by atoms with E-state index in [0.717, 1.165) is 5.56 Å². The molecule has 26 heavy (non-hydrogen) atoms. The van der Waals surface area contributed by atoms with E-state index in [-0.39, 0.29) is 24.3 Å². The van der Waals surface area contributed by atoms with E-state index in [1.54, 1.807) is 24.3 Å². The van der Waals surface area contributed by atoms with Crippen molar-refractivity contribution in [2.45, 2.75) is 46.1 Å². The van der Waals surface area contributed by atoms with Gasteiger partial charge in [-0.05, 0) is 12.1 Å². The molecule has 136 valence electrons. The van der Waals surface area contributed by atoms with Crippen molar-refractivity contribution < 1.29 is 13.8 Å². The Balaban J connectivity index is 1.62. The van der Waals surface area contributed by atoms with Crippen LogP contribution in [0.15, 0.2) is 33.3 Å². The van der Waals surface area contributed by atoms with Gasteiger partial charge in [-0.3, -0.25) is 4.79 Å². The van der Waals surface area contributed by atoms with E-state index in [1.165, 1.54) is 0 Å². The zero-order chi connectivity index (χ0) is 18.7. The summed E-state index contributed by atoms with van der Waals surface area (Å²) in [4.78, 5) is 20.8. The standard InChI is InChI=1S/C18H21N5O3/c1-10(2)17-20-14(22-25-17)9-19-16(24)13-7-5-12(6-8-13)15-21-18(11(3)4)26-23-15/h5-8,10-11H,9H2,1-4H3,(H,19,24). The monoisotopic (exact) mass is 355 g/mol.